The van der Waals surface area contributed by atoms with E-state index in [-0.39, 0.29) is 5.92 Å². The van der Waals surface area contributed by atoms with E-state index in [0.29, 0.717) is 12.3 Å². The van der Waals surface area contributed by atoms with Crippen molar-refractivity contribution in [2.45, 2.75) is 12.8 Å². The first-order chi connectivity index (χ1) is 5.66. The van der Waals surface area contributed by atoms with Crippen LogP contribution in [0.25, 0.3) is 0 Å². The highest BCUT2D eigenvalue weighted by atomic mass is 79.9. The van der Waals surface area contributed by atoms with Crippen molar-refractivity contribution in [2.24, 2.45) is 5.73 Å². The van der Waals surface area contributed by atoms with E-state index in [4.69, 9.17) is 5.73 Å². The van der Waals surface area contributed by atoms with Crippen LogP contribution in [0.5, 0.6) is 5.75 Å². The molecule has 0 amide bonds. The van der Waals surface area contributed by atoms with Gasteiger partial charge >= 0.3 is 0 Å². The molecule has 0 heterocycles. The predicted molar refractivity (Wildman–Crippen MR) is 53.3 cm³/mol. The normalized spacial score (nSPS) is 12.9. The first-order valence-corrected chi connectivity index (χ1v) is 4.63. The lowest BCUT2D eigenvalue weighted by atomic mass is 10.0. The number of hydrogen-bond acceptors (Lipinski definition) is 2. The van der Waals surface area contributed by atoms with E-state index in [2.05, 4.69) is 15.9 Å². The van der Waals surface area contributed by atoms with Gasteiger partial charge in [0.25, 0.3) is 0 Å². The second kappa shape index (κ2) is 3.92. The standard InChI is InChI=1S/C9H12BrNO/c1-6(5-11)7-3-2-4-8(10)9(7)12/h2-4,6,12H,5,11H2,1H3. The van der Waals surface area contributed by atoms with E-state index in [9.17, 15) is 5.11 Å². The molecular weight excluding hydrogens is 218 g/mol. The maximum atomic E-state index is 9.60. The van der Waals surface area contributed by atoms with Crippen molar-refractivity contribution in [1.29, 1.82) is 0 Å². The van der Waals surface area contributed by atoms with E-state index < -0.39 is 0 Å². The molecule has 0 saturated carbocycles. The summed E-state index contributed by atoms with van der Waals surface area (Å²) in [7, 11) is 0. The fourth-order valence-electron chi connectivity index (χ4n) is 1.06. The molecule has 1 unspecified atom stereocenters. The highest BCUT2D eigenvalue weighted by molar-refractivity contribution is 9.10. The molecule has 1 rings (SSSR count). The lowest BCUT2D eigenvalue weighted by Crippen LogP contribution is -2.08. The Bertz CT molecular complexity index is 275. The van der Waals surface area contributed by atoms with Crippen molar-refractivity contribution in [1.82, 2.24) is 0 Å². The van der Waals surface area contributed by atoms with Crippen LogP contribution in [0, 0.1) is 0 Å². The van der Waals surface area contributed by atoms with Gasteiger partial charge in [0.05, 0.1) is 4.47 Å². The van der Waals surface area contributed by atoms with Crippen LogP contribution in [0.15, 0.2) is 22.7 Å². The molecule has 0 aromatic heterocycles. The van der Waals surface area contributed by atoms with Crippen LogP contribution in [0.2, 0.25) is 0 Å². The summed E-state index contributed by atoms with van der Waals surface area (Å²) in [5.41, 5.74) is 6.39. The second-order valence-corrected chi connectivity index (χ2v) is 3.67. The summed E-state index contributed by atoms with van der Waals surface area (Å²) in [6, 6.07) is 5.59. The summed E-state index contributed by atoms with van der Waals surface area (Å²) in [6.07, 6.45) is 0. The zero-order chi connectivity index (χ0) is 9.14. The molecule has 0 saturated heterocycles. The van der Waals surface area contributed by atoms with Crippen molar-refractivity contribution < 1.29 is 5.11 Å². The largest absolute Gasteiger partial charge is 0.506 e. The van der Waals surface area contributed by atoms with Gasteiger partial charge in [-0.25, -0.2) is 0 Å². The van der Waals surface area contributed by atoms with Crippen LogP contribution in [0.4, 0.5) is 0 Å². The summed E-state index contributed by atoms with van der Waals surface area (Å²) in [6.45, 7) is 2.53. The third kappa shape index (κ3) is 1.79. The van der Waals surface area contributed by atoms with Gasteiger partial charge in [0, 0.05) is 0 Å². The van der Waals surface area contributed by atoms with Gasteiger partial charge in [0.2, 0.25) is 0 Å². The third-order valence-corrected chi connectivity index (χ3v) is 2.54. The molecule has 1 atom stereocenters. The molecule has 1 aromatic carbocycles. The first-order valence-electron chi connectivity index (χ1n) is 3.84. The number of phenols is 1. The van der Waals surface area contributed by atoms with Gasteiger partial charge in [-0.15, -0.1) is 0 Å². The number of phenolic OH excluding ortho intramolecular Hbond substituents is 1. The Morgan fingerprint density at radius 3 is 2.83 bits per heavy atom. The van der Waals surface area contributed by atoms with E-state index in [1.165, 1.54) is 0 Å². The average Bonchev–Trinajstić information content (AvgIpc) is 2.08. The quantitative estimate of drug-likeness (QED) is 0.818. The molecule has 0 aliphatic heterocycles. The van der Waals surface area contributed by atoms with E-state index in [1.54, 1.807) is 0 Å². The summed E-state index contributed by atoms with van der Waals surface area (Å²) in [4.78, 5) is 0. The van der Waals surface area contributed by atoms with E-state index in [0.717, 1.165) is 10.0 Å². The van der Waals surface area contributed by atoms with Crippen LogP contribution in [-0.4, -0.2) is 11.7 Å². The first kappa shape index (κ1) is 9.55. The zero-order valence-electron chi connectivity index (χ0n) is 6.92. The third-order valence-electron chi connectivity index (χ3n) is 1.90. The zero-order valence-corrected chi connectivity index (χ0v) is 8.51. The maximum absolute atomic E-state index is 9.60. The molecule has 1 aromatic rings. The SMILES string of the molecule is CC(CN)c1cccc(Br)c1O. The van der Waals surface area contributed by atoms with Gasteiger partial charge in [-0.1, -0.05) is 19.1 Å². The van der Waals surface area contributed by atoms with Crippen LogP contribution in [-0.2, 0) is 0 Å². The molecule has 3 N–H and O–H groups in total. The Kier molecular flexibility index (Phi) is 3.12. The Morgan fingerprint density at radius 1 is 1.58 bits per heavy atom. The molecule has 0 bridgehead atoms. The number of aromatic hydroxyl groups is 1. The highest BCUT2D eigenvalue weighted by Gasteiger charge is 2.09. The molecule has 0 radical (unpaired) electrons. The molecule has 0 spiro atoms. The summed E-state index contributed by atoms with van der Waals surface area (Å²) in [5.74, 6) is 0.498. The lowest BCUT2D eigenvalue weighted by Gasteiger charge is -2.11. The number of halogens is 1. The minimum atomic E-state index is 0.197. The Morgan fingerprint density at radius 2 is 2.25 bits per heavy atom. The summed E-state index contributed by atoms with van der Waals surface area (Å²) in [5, 5.41) is 9.60. The van der Waals surface area contributed by atoms with Crippen molar-refractivity contribution in [3.63, 3.8) is 0 Å². The van der Waals surface area contributed by atoms with Crippen molar-refractivity contribution in [3.05, 3.63) is 28.2 Å². The fourth-order valence-corrected chi connectivity index (χ4v) is 1.44. The monoisotopic (exact) mass is 229 g/mol. The molecular formula is C9H12BrNO. The minimum absolute atomic E-state index is 0.197. The smallest absolute Gasteiger partial charge is 0.133 e. The van der Waals surface area contributed by atoms with E-state index in [1.807, 2.05) is 25.1 Å². The number of nitrogens with two attached hydrogens (primary N) is 1. The minimum Gasteiger partial charge on any atom is -0.506 e. The molecule has 12 heavy (non-hydrogen) atoms. The number of para-hydroxylation sites is 1. The molecule has 3 heteroatoms. The number of rotatable bonds is 2. The Balaban J connectivity index is 3.07. The van der Waals surface area contributed by atoms with Gasteiger partial charge in [-0.3, -0.25) is 0 Å². The Hall–Kier alpha value is -0.540. The van der Waals surface area contributed by atoms with Gasteiger partial charge in [-0.05, 0) is 40.0 Å². The van der Waals surface area contributed by atoms with Crippen LogP contribution in [0.3, 0.4) is 0 Å². The molecule has 0 aliphatic carbocycles. The molecule has 66 valence electrons. The summed E-state index contributed by atoms with van der Waals surface area (Å²) < 4.78 is 0.723. The number of hydrogen-bond donors (Lipinski definition) is 2. The molecule has 2 nitrogen and oxygen atoms in total. The van der Waals surface area contributed by atoms with Crippen molar-refractivity contribution in [3.8, 4) is 5.75 Å². The molecule has 0 aliphatic rings. The topological polar surface area (TPSA) is 46.2 Å². The maximum Gasteiger partial charge on any atom is 0.133 e. The Labute approximate surface area is 80.5 Å². The van der Waals surface area contributed by atoms with Gasteiger partial charge < -0.3 is 10.8 Å². The van der Waals surface area contributed by atoms with Crippen LogP contribution in [0.1, 0.15) is 18.4 Å². The van der Waals surface area contributed by atoms with Gasteiger partial charge in [0.15, 0.2) is 0 Å². The molecule has 0 fully saturated rings. The van der Waals surface area contributed by atoms with Crippen LogP contribution < -0.4 is 5.73 Å². The fraction of sp³-hybridized carbons (Fsp3) is 0.333. The number of benzene rings is 1. The highest BCUT2D eigenvalue weighted by Crippen LogP contribution is 2.31. The van der Waals surface area contributed by atoms with Gasteiger partial charge in [0.1, 0.15) is 5.75 Å². The second-order valence-electron chi connectivity index (χ2n) is 2.81. The summed E-state index contributed by atoms with van der Waals surface area (Å²) >= 11 is 3.25. The van der Waals surface area contributed by atoms with Crippen LogP contribution >= 0.6 is 15.9 Å². The van der Waals surface area contributed by atoms with E-state index >= 15 is 0 Å². The lowest BCUT2D eigenvalue weighted by molar-refractivity contribution is 0.460. The van der Waals surface area contributed by atoms with Crippen molar-refractivity contribution >= 4 is 15.9 Å². The van der Waals surface area contributed by atoms with Gasteiger partial charge in [-0.2, -0.15) is 0 Å². The average molecular weight is 230 g/mol. The predicted octanol–water partition coefficient (Wildman–Crippen LogP) is 2.22. The van der Waals surface area contributed by atoms with Crippen molar-refractivity contribution in [2.75, 3.05) is 6.54 Å².